The van der Waals surface area contributed by atoms with Crippen molar-refractivity contribution in [2.24, 2.45) is 0 Å². The first kappa shape index (κ1) is 17.9. The number of sulfonamides is 1. The molecule has 0 saturated heterocycles. The van der Waals surface area contributed by atoms with E-state index < -0.39 is 10.0 Å². The highest BCUT2D eigenvalue weighted by atomic mass is 32.2. The van der Waals surface area contributed by atoms with Crippen molar-refractivity contribution in [1.29, 1.82) is 0 Å². The van der Waals surface area contributed by atoms with Gasteiger partial charge in [0.05, 0.1) is 21.3 Å². The largest absolute Gasteiger partial charge is 0.295 e. The second-order valence-electron chi connectivity index (χ2n) is 6.50. The third-order valence-corrected chi connectivity index (χ3v) is 7.30. The van der Waals surface area contributed by atoms with Crippen molar-refractivity contribution in [2.75, 3.05) is 10.8 Å². The number of ketones is 1. The lowest BCUT2D eigenvalue weighted by atomic mass is 10.1. The summed E-state index contributed by atoms with van der Waals surface area (Å²) in [6, 6.07) is 11.9. The molecule has 0 unspecified atom stereocenters. The third-order valence-electron chi connectivity index (χ3n) is 4.70. The summed E-state index contributed by atoms with van der Waals surface area (Å²) >= 11 is 1.60. The fourth-order valence-corrected chi connectivity index (χ4v) is 5.39. The Bertz CT molecular complexity index is 1130. The molecule has 0 atom stereocenters. The van der Waals surface area contributed by atoms with Gasteiger partial charge in [0.15, 0.2) is 5.78 Å². The first-order chi connectivity index (χ1) is 12.9. The topological polar surface area (TPSA) is 67.3 Å². The van der Waals surface area contributed by atoms with Crippen LogP contribution in [0.25, 0.3) is 11.3 Å². The zero-order chi connectivity index (χ0) is 19.2. The van der Waals surface area contributed by atoms with Crippen LogP contribution in [-0.4, -0.2) is 25.7 Å². The number of thiazole rings is 1. The number of anilines is 1. The standard InChI is InChI=1S/C20H18N2O3S2/c1-13(23)15-3-6-18(7-4-15)27(24,25)22-10-9-17-11-16(5-8-20(17)22)19-12-26-14(2)21-19/h3-8,11-12H,9-10H2,1-2H3. The molecule has 0 amide bonds. The molecule has 0 saturated carbocycles. The molecule has 27 heavy (non-hydrogen) atoms. The number of rotatable bonds is 4. The summed E-state index contributed by atoms with van der Waals surface area (Å²) in [6.45, 7) is 3.83. The van der Waals surface area contributed by atoms with Gasteiger partial charge in [0, 0.05) is 23.1 Å². The Morgan fingerprint density at radius 3 is 2.52 bits per heavy atom. The van der Waals surface area contributed by atoms with Gasteiger partial charge in [-0.15, -0.1) is 11.3 Å². The van der Waals surface area contributed by atoms with Gasteiger partial charge < -0.3 is 0 Å². The Morgan fingerprint density at radius 1 is 1.15 bits per heavy atom. The van der Waals surface area contributed by atoms with Gasteiger partial charge in [-0.05, 0) is 50.1 Å². The lowest BCUT2D eigenvalue weighted by molar-refractivity contribution is 0.101. The van der Waals surface area contributed by atoms with Crippen LogP contribution in [0, 0.1) is 6.92 Å². The van der Waals surface area contributed by atoms with Crippen molar-refractivity contribution in [3.05, 3.63) is 64.0 Å². The predicted molar refractivity (Wildman–Crippen MR) is 107 cm³/mol. The number of nitrogens with zero attached hydrogens (tertiary/aromatic N) is 2. The van der Waals surface area contributed by atoms with Gasteiger partial charge in [0.1, 0.15) is 0 Å². The van der Waals surface area contributed by atoms with E-state index in [1.54, 1.807) is 23.5 Å². The normalized spacial score (nSPS) is 13.6. The summed E-state index contributed by atoms with van der Waals surface area (Å²) in [5.74, 6) is -0.0877. The second-order valence-corrected chi connectivity index (χ2v) is 9.43. The Hall–Kier alpha value is -2.51. The van der Waals surface area contributed by atoms with Crippen LogP contribution in [0.15, 0.2) is 52.7 Å². The fourth-order valence-electron chi connectivity index (χ4n) is 3.27. The molecule has 138 valence electrons. The maximum Gasteiger partial charge on any atom is 0.264 e. The Labute approximate surface area is 162 Å². The SMILES string of the molecule is CC(=O)c1ccc(S(=O)(=O)N2CCc3cc(-c4csc(C)n4)ccc32)cc1. The van der Waals surface area contributed by atoms with Crippen LogP contribution in [-0.2, 0) is 16.4 Å². The number of hydrogen-bond acceptors (Lipinski definition) is 5. The number of carbonyl (C=O) groups excluding carboxylic acids is 1. The van der Waals surface area contributed by atoms with E-state index in [2.05, 4.69) is 4.98 Å². The molecule has 5 nitrogen and oxygen atoms in total. The van der Waals surface area contributed by atoms with Crippen LogP contribution in [0.3, 0.4) is 0 Å². The highest BCUT2D eigenvalue weighted by Crippen LogP contribution is 2.36. The molecular formula is C20H18N2O3S2. The number of hydrogen-bond donors (Lipinski definition) is 0. The summed E-state index contributed by atoms with van der Waals surface area (Å²) in [5, 5.41) is 3.01. The third kappa shape index (κ3) is 3.17. The Balaban J connectivity index is 1.68. The lowest BCUT2D eigenvalue weighted by Crippen LogP contribution is -2.29. The van der Waals surface area contributed by atoms with Gasteiger partial charge in [-0.2, -0.15) is 0 Å². The van der Waals surface area contributed by atoms with E-state index in [1.807, 2.05) is 30.5 Å². The molecule has 0 aliphatic carbocycles. The lowest BCUT2D eigenvalue weighted by Gasteiger charge is -2.20. The van der Waals surface area contributed by atoms with E-state index in [9.17, 15) is 13.2 Å². The zero-order valence-corrected chi connectivity index (χ0v) is 16.6. The molecule has 0 radical (unpaired) electrons. The van der Waals surface area contributed by atoms with Crippen molar-refractivity contribution in [2.45, 2.75) is 25.2 Å². The minimum absolute atomic E-state index is 0.0877. The maximum absolute atomic E-state index is 13.1. The molecule has 0 spiro atoms. The van der Waals surface area contributed by atoms with Gasteiger partial charge in [0.2, 0.25) is 0 Å². The van der Waals surface area contributed by atoms with Crippen molar-refractivity contribution in [3.63, 3.8) is 0 Å². The highest BCUT2D eigenvalue weighted by Gasteiger charge is 2.31. The van der Waals surface area contributed by atoms with E-state index in [4.69, 9.17) is 0 Å². The number of carbonyl (C=O) groups is 1. The molecular weight excluding hydrogens is 380 g/mol. The number of Topliss-reactive ketones (excluding diaryl/α,β-unsaturated/α-hetero) is 1. The van der Waals surface area contributed by atoms with E-state index in [-0.39, 0.29) is 10.7 Å². The minimum atomic E-state index is -3.66. The summed E-state index contributed by atoms with van der Waals surface area (Å²) < 4.78 is 27.6. The zero-order valence-electron chi connectivity index (χ0n) is 15.0. The van der Waals surface area contributed by atoms with Gasteiger partial charge in [-0.1, -0.05) is 18.2 Å². The molecule has 1 aliphatic rings. The van der Waals surface area contributed by atoms with E-state index in [1.165, 1.54) is 23.4 Å². The number of benzene rings is 2. The predicted octanol–water partition coefficient (Wildman–Crippen LogP) is 4.07. The number of aromatic nitrogens is 1. The van der Waals surface area contributed by atoms with E-state index in [0.29, 0.717) is 24.2 Å². The van der Waals surface area contributed by atoms with Crippen LogP contribution in [0.5, 0.6) is 0 Å². The molecule has 1 aliphatic heterocycles. The van der Waals surface area contributed by atoms with Crippen LogP contribution in [0.2, 0.25) is 0 Å². The number of aryl methyl sites for hydroxylation is 1. The Morgan fingerprint density at radius 2 is 1.89 bits per heavy atom. The number of fused-ring (bicyclic) bond motifs is 1. The quantitative estimate of drug-likeness (QED) is 0.621. The molecule has 0 bridgehead atoms. The van der Waals surface area contributed by atoms with Gasteiger partial charge in [-0.3, -0.25) is 9.10 Å². The second kappa shape index (κ2) is 6.58. The molecule has 3 aromatic rings. The van der Waals surface area contributed by atoms with Crippen LogP contribution in [0.4, 0.5) is 5.69 Å². The summed E-state index contributed by atoms with van der Waals surface area (Å²) in [4.78, 5) is 16.1. The van der Waals surface area contributed by atoms with Crippen molar-refractivity contribution >= 4 is 32.8 Å². The first-order valence-corrected chi connectivity index (χ1v) is 10.9. The van der Waals surface area contributed by atoms with Crippen LogP contribution >= 0.6 is 11.3 Å². The summed E-state index contributed by atoms with van der Waals surface area (Å²) in [5.41, 5.74) is 4.13. The fraction of sp³-hybridized carbons (Fsp3) is 0.200. The van der Waals surface area contributed by atoms with Crippen LogP contribution < -0.4 is 4.31 Å². The average Bonchev–Trinajstić information content (AvgIpc) is 3.27. The van der Waals surface area contributed by atoms with Crippen molar-refractivity contribution < 1.29 is 13.2 Å². The summed E-state index contributed by atoms with van der Waals surface area (Å²) in [7, 11) is -3.66. The van der Waals surface area contributed by atoms with Crippen molar-refractivity contribution in [3.8, 4) is 11.3 Å². The molecule has 0 fully saturated rings. The monoisotopic (exact) mass is 398 g/mol. The Kier molecular flexibility index (Phi) is 4.36. The van der Waals surface area contributed by atoms with Gasteiger partial charge >= 0.3 is 0 Å². The van der Waals surface area contributed by atoms with Crippen LogP contribution in [0.1, 0.15) is 27.9 Å². The summed E-state index contributed by atoms with van der Waals surface area (Å²) in [6.07, 6.45) is 0.664. The molecule has 2 heterocycles. The smallest absolute Gasteiger partial charge is 0.264 e. The molecule has 2 aromatic carbocycles. The molecule has 0 N–H and O–H groups in total. The molecule has 7 heteroatoms. The molecule has 1 aromatic heterocycles. The van der Waals surface area contributed by atoms with Gasteiger partial charge in [0.25, 0.3) is 10.0 Å². The highest BCUT2D eigenvalue weighted by molar-refractivity contribution is 7.92. The van der Waals surface area contributed by atoms with Crippen molar-refractivity contribution in [1.82, 2.24) is 4.98 Å². The van der Waals surface area contributed by atoms with Gasteiger partial charge in [-0.25, -0.2) is 13.4 Å². The maximum atomic E-state index is 13.1. The molecule has 4 rings (SSSR count). The van der Waals surface area contributed by atoms with E-state index in [0.717, 1.165) is 21.8 Å². The first-order valence-electron chi connectivity index (χ1n) is 8.55. The average molecular weight is 399 g/mol. The van der Waals surface area contributed by atoms with E-state index >= 15 is 0 Å². The minimum Gasteiger partial charge on any atom is -0.295 e.